The second-order valence-corrected chi connectivity index (χ2v) is 6.13. The molecule has 0 aliphatic carbocycles. The highest BCUT2D eigenvalue weighted by atomic mass is 35.5. The summed E-state index contributed by atoms with van der Waals surface area (Å²) in [6.45, 7) is 7.36. The molecule has 19 heavy (non-hydrogen) atoms. The molecule has 0 fully saturated rings. The predicted octanol–water partition coefficient (Wildman–Crippen LogP) is 2.28. The standard InChI is InChI=1S/C14H19ClN2O2/c1-8-5-9(7-10(15)6-8)13(19)17-11(12(16)18)14(2,3)4/h5-7,11H,1-4H3,(H2,16,18)(H,17,19)/t11-/m1/s1. The minimum Gasteiger partial charge on any atom is -0.368 e. The normalized spacial score (nSPS) is 12.9. The summed E-state index contributed by atoms with van der Waals surface area (Å²) in [7, 11) is 0. The lowest BCUT2D eigenvalue weighted by atomic mass is 9.86. The van der Waals surface area contributed by atoms with E-state index in [1.54, 1.807) is 18.2 Å². The minimum atomic E-state index is -0.737. The number of hydrogen-bond donors (Lipinski definition) is 2. The Labute approximate surface area is 118 Å². The van der Waals surface area contributed by atoms with Crippen molar-refractivity contribution in [3.63, 3.8) is 0 Å². The van der Waals surface area contributed by atoms with Crippen LogP contribution in [0.25, 0.3) is 0 Å². The maximum atomic E-state index is 12.1. The molecule has 104 valence electrons. The Morgan fingerprint density at radius 1 is 1.26 bits per heavy atom. The molecule has 1 atom stereocenters. The van der Waals surface area contributed by atoms with E-state index in [9.17, 15) is 9.59 Å². The summed E-state index contributed by atoms with van der Waals surface area (Å²) >= 11 is 5.91. The molecule has 0 aliphatic heterocycles. The van der Waals surface area contributed by atoms with Crippen LogP contribution in [-0.2, 0) is 4.79 Å². The van der Waals surface area contributed by atoms with E-state index < -0.39 is 17.4 Å². The van der Waals surface area contributed by atoms with Gasteiger partial charge in [-0.05, 0) is 36.1 Å². The van der Waals surface area contributed by atoms with Crippen LogP contribution in [0, 0.1) is 12.3 Å². The van der Waals surface area contributed by atoms with Gasteiger partial charge in [0.15, 0.2) is 0 Å². The predicted molar refractivity (Wildman–Crippen MR) is 76.1 cm³/mol. The van der Waals surface area contributed by atoms with Crippen LogP contribution in [0.3, 0.4) is 0 Å². The van der Waals surface area contributed by atoms with Gasteiger partial charge < -0.3 is 11.1 Å². The molecule has 5 heteroatoms. The largest absolute Gasteiger partial charge is 0.368 e. The van der Waals surface area contributed by atoms with E-state index in [1.807, 2.05) is 27.7 Å². The van der Waals surface area contributed by atoms with E-state index in [-0.39, 0.29) is 5.91 Å². The highest BCUT2D eigenvalue weighted by molar-refractivity contribution is 6.31. The van der Waals surface area contributed by atoms with Crippen LogP contribution in [0.4, 0.5) is 0 Å². The van der Waals surface area contributed by atoms with Gasteiger partial charge in [0.1, 0.15) is 6.04 Å². The molecule has 0 unspecified atom stereocenters. The number of amides is 2. The maximum absolute atomic E-state index is 12.1. The number of benzene rings is 1. The summed E-state index contributed by atoms with van der Waals surface area (Å²) in [6.07, 6.45) is 0. The molecule has 0 spiro atoms. The van der Waals surface area contributed by atoms with Crippen LogP contribution in [0.15, 0.2) is 18.2 Å². The van der Waals surface area contributed by atoms with Crippen molar-refractivity contribution in [2.75, 3.05) is 0 Å². The molecular formula is C14H19ClN2O2. The van der Waals surface area contributed by atoms with E-state index in [0.29, 0.717) is 10.6 Å². The molecule has 0 aliphatic rings. The Hall–Kier alpha value is -1.55. The molecule has 0 aromatic heterocycles. The van der Waals surface area contributed by atoms with Crippen LogP contribution < -0.4 is 11.1 Å². The summed E-state index contributed by atoms with van der Waals surface area (Å²) in [6, 6.07) is 4.29. The van der Waals surface area contributed by atoms with Crippen molar-refractivity contribution < 1.29 is 9.59 Å². The molecule has 0 bridgehead atoms. The van der Waals surface area contributed by atoms with Crippen LogP contribution in [-0.4, -0.2) is 17.9 Å². The van der Waals surface area contributed by atoms with Gasteiger partial charge in [0, 0.05) is 10.6 Å². The summed E-state index contributed by atoms with van der Waals surface area (Å²) in [5.41, 5.74) is 6.18. The van der Waals surface area contributed by atoms with Crippen molar-refractivity contribution in [2.45, 2.75) is 33.7 Å². The van der Waals surface area contributed by atoms with Gasteiger partial charge in [-0.15, -0.1) is 0 Å². The molecule has 1 aromatic rings. The van der Waals surface area contributed by atoms with Crippen LogP contribution in [0.5, 0.6) is 0 Å². The molecule has 0 saturated carbocycles. The Morgan fingerprint density at radius 3 is 2.26 bits per heavy atom. The minimum absolute atomic E-state index is 0.357. The van der Waals surface area contributed by atoms with Crippen LogP contribution >= 0.6 is 11.6 Å². The third-order valence-corrected chi connectivity index (χ3v) is 2.95. The number of halogens is 1. The molecule has 3 N–H and O–H groups in total. The first-order chi connectivity index (χ1) is 8.61. The quantitative estimate of drug-likeness (QED) is 0.893. The third-order valence-electron chi connectivity index (χ3n) is 2.73. The zero-order chi connectivity index (χ0) is 14.8. The maximum Gasteiger partial charge on any atom is 0.252 e. The van der Waals surface area contributed by atoms with Gasteiger partial charge in [-0.25, -0.2) is 0 Å². The number of hydrogen-bond acceptors (Lipinski definition) is 2. The van der Waals surface area contributed by atoms with Crippen molar-refractivity contribution in [1.82, 2.24) is 5.32 Å². The van der Waals surface area contributed by atoms with Gasteiger partial charge in [-0.2, -0.15) is 0 Å². The van der Waals surface area contributed by atoms with Gasteiger partial charge in [0.25, 0.3) is 5.91 Å². The summed E-state index contributed by atoms with van der Waals surface area (Å²) in [5, 5.41) is 3.14. The summed E-state index contributed by atoms with van der Waals surface area (Å²) < 4.78 is 0. The second-order valence-electron chi connectivity index (χ2n) is 5.69. The third kappa shape index (κ3) is 4.24. The van der Waals surface area contributed by atoms with Crippen molar-refractivity contribution in [1.29, 1.82) is 0 Å². The lowest BCUT2D eigenvalue weighted by Gasteiger charge is -2.28. The number of primary amides is 1. The Kier molecular flexibility index (Phi) is 4.58. The van der Waals surface area contributed by atoms with E-state index >= 15 is 0 Å². The first-order valence-electron chi connectivity index (χ1n) is 5.98. The highest BCUT2D eigenvalue weighted by Gasteiger charge is 2.31. The SMILES string of the molecule is Cc1cc(Cl)cc(C(=O)N[C@H](C(N)=O)C(C)(C)C)c1. The molecule has 0 radical (unpaired) electrons. The number of nitrogens with one attached hydrogen (secondary N) is 1. The molecule has 1 rings (SSSR count). The second kappa shape index (κ2) is 5.61. The molecule has 0 heterocycles. The van der Waals surface area contributed by atoms with Gasteiger partial charge in [0.05, 0.1) is 0 Å². The summed E-state index contributed by atoms with van der Waals surface area (Å²) in [5.74, 6) is -0.913. The van der Waals surface area contributed by atoms with Crippen molar-refractivity contribution >= 4 is 23.4 Å². The smallest absolute Gasteiger partial charge is 0.252 e. The fraction of sp³-hybridized carbons (Fsp3) is 0.429. The van der Waals surface area contributed by atoms with Gasteiger partial charge >= 0.3 is 0 Å². The summed E-state index contributed by atoms with van der Waals surface area (Å²) in [4.78, 5) is 23.6. The average Bonchev–Trinajstić information content (AvgIpc) is 2.21. The Morgan fingerprint density at radius 2 is 1.84 bits per heavy atom. The number of carbonyl (C=O) groups is 2. The number of rotatable bonds is 3. The highest BCUT2D eigenvalue weighted by Crippen LogP contribution is 2.20. The van der Waals surface area contributed by atoms with Crippen molar-refractivity contribution in [2.24, 2.45) is 11.1 Å². The number of carbonyl (C=O) groups excluding carboxylic acids is 2. The van der Waals surface area contributed by atoms with Gasteiger partial charge in [-0.3, -0.25) is 9.59 Å². The van der Waals surface area contributed by atoms with E-state index in [1.165, 1.54) is 0 Å². The average molecular weight is 283 g/mol. The first kappa shape index (κ1) is 15.5. The van der Waals surface area contributed by atoms with E-state index in [0.717, 1.165) is 5.56 Å². The fourth-order valence-corrected chi connectivity index (χ4v) is 2.09. The van der Waals surface area contributed by atoms with Crippen molar-refractivity contribution in [3.8, 4) is 0 Å². The zero-order valence-corrected chi connectivity index (χ0v) is 12.3. The van der Waals surface area contributed by atoms with Crippen LogP contribution in [0.2, 0.25) is 5.02 Å². The van der Waals surface area contributed by atoms with Gasteiger partial charge in [0.2, 0.25) is 5.91 Å². The number of aryl methyl sites for hydroxylation is 1. The molecule has 1 aromatic carbocycles. The Balaban J connectivity index is 2.97. The zero-order valence-electron chi connectivity index (χ0n) is 11.6. The van der Waals surface area contributed by atoms with Crippen LogP contribution in [0.1, 0.15) is 36.7 Å². The molecule has 4 nitrogen and oxygen atoms in total. The molecule has 0 saturated heterocycles. The Bertz CT molecular complexity index is 486. The van der Waals surface area contributed by atoms with Gasteiger partial charge in [-0.1, -0.05) is 32.4 Å². The number of nitrogens with two attached hydrogens (primary N) is 1. The first-order valence-corrected chi connectivity index (χ1v) is 6.36. The van der Waals surface area contributed by atoms with E-state index in [2.05, 4.69) is 5.32 Å². The lowest BCUT2D eigenvalue weighted by Crippen LogP contribution is -2.52. The monoisotopic (exact) mass is 282 g/mol. The van der Waals surface area contributed by atoms with Crippen molar-refractivity contribution in [3.05, 3.63) is 34.3 Å². The molecule has 2 amide bonds. The van der Waals surface area contributed by atoms with E-state index in [4.69, 9.17) is 17.3 Å². The molecular weight excluding hydrogens is 264 g/mol. The topological polar surface area (TPSA) is 72.2 Å². The lowest BCUT2D eigenvalue weighted by molar-refractivity contribution is -0.122. The fourth-order valence-electron chi connectivity index (χ4n) is 1.80.